The average molecular weight is 407 g/mol. The molecule has 0 fully saturated rings. The molecule has 0 heterocycles. The Bertz CT molecular complexity index is 651. The molecule has 3 unspecified atom stereocenters. The molecule has 1 aromatic carbocycles. The van der Waals surface area contributed by atoms with Gasteiger partial charge in [-0.05, 0) is 37.3 Å². The molecule has 0 saturated carbocycles. The number of hydrogen-bond donors (Lipinski definition) is 5. The number of nitrogens with two attached hydrogens (primary N) is 2. The molecule has 2 amide bonds. The Labute approximate surface area is 172 Å². The van der Waals surface area contributed by atoms with Gasteiger partial charge < -0.3 is 27.2 Å². The molecule has 0 aromatic heterocycles. The Hall–Kier alpha value is -2.45. The number of rotatable bonds is 13. The first-order valence-corrected chi connectivity index (χ1v) is 10.1. The van der Waals surface area contributed by atoms with Gasteiger partial charge in [-0.2, -0.15) is 0 Å². The summed E-state index contributed by atoms with van der Waals surface area (Å²) in [5.74, 6) is -1.95. The number of carbonyl (C=O) groups excluding carboxylic acids is 2. The number of carbonyl (C=O) groups is 3. The molecule has 3 atom stereocenters. The van der Waals surface area contributed by atoms with E-state index in [1.54, 1.807) is 12.1 Å². The second kappa shape index (κ2) is 12.9. The molecule has 1 rings (SSSR count). The van der Waals surface area contributed by atoms with Crippen molar-refractivity contribution in [3.63, 3.8) is 0 Å². The fourth-order valence-corrected chi connectivity index (χ4v) is 2.94. The Kier molecular flexibility index (Phi) is 10.9. The first-order chi connectivity index (χ1) is 13.7. The zero-order valence-corrected chi connectivity index (χ0v) is 17.3. The van der Waals surface area contributed by atoms with Crippen LogP contribution in [0.2, 0.25) is 0 Å². The summed E-state index contributed by atoms with van der Waals surface area (Å²) in [6.45, 7) is 4.38. The Balaban J connectivity index is 2.77. The molecule has 0 saturated heterocycles. The Morgan fingerprint density at radius 2 is 1.62 bits per heavy atom. The SMILES string of the molecule is CC(C)CC(NC(=O)C(N)CCCCN)C(=O)NC(Cc1ccccc1)C(=O)O. The van der Waals surface area contributed by atoms with Crippen molar-refractivity contribution in [1.29, 1.82) is 0 Å². The van der Waals surface area contributed by atoms with E-state index in [0.29, 0.717) is 19.4 Å². The summed E-state index contributed by atoms with van der Waals surface area (Å²) in [5.41, 5.74) is 12.2. The molecular formula is C21H34N4O4. The van der Waals surface area contributed by atoms with E-state index < -0.39 is 35.9 Å². The molecule has 162 valence electrons. The van der Waals surface area contributed by atoms with Gasteiger partial charge in [-0.25, -0.2) is 4.79 Å². The standard InChI is InChI=1S/C21H34N4O4/c1-14(2)12-17(24-19(26)16(23)10-6-7-11-22)20(27)25-18(21(28)29)13-15-8-4-3-5-9-15/h3-5,8-9,14,16-18H,6-7,10-13,22-23H2,1-2H3,(H,24,26)(H,25,27)(H,28,29). The smallest absolute Gasteiger partial charge is 0.326 e. The van der Waals surface area contributed by atoms with Crippen molar-refractivity contribution < 1.29 is 19.5 Å². The fraction of sp³-hybridized carbons (Fsp3) is 0.571. The number of carboxylic acid groups (broad SMARTS) is 1. The quantitative estimate of drug-likeness (QED) is 0.306. The lowest BCUT2D eigenvalue weighted by atomic mass is 10.0. The van der Waals surface area contributed by atoms with Gasteiger partial charge in [-0.1, -0.05) is 50.6 Å². The van der Waals surface area contributed by atoms with Gasteiger partial charge in [-0.3, -0.25) is 9.59 Å². The molecule has 8 heteroatoms. The van der Waals surface area contributed by atoms with Gasteiger partial charge in [0.2, 0.25) is 11.8 Å². The molecule has 1 aromatic rings. The van der Waals surface area contributed by atoms with Crippen LogP contribution in [0.4, 0.5) is 0 Å². The van der Waals surface area contributed by atoms with Crippen molar-refractivity contribution in [3.05, 3.63) is 35.9 Å². The normalized spacial score (nSPS) is 14.1. The number of aliphatic carboxylic acids is 1. The molecule has 0 aliphatic carbocycles. The van der Waals surface area contributed by atoms with Gasteiger partial charge in [0.15, 0.2) is 0 Å². The molecule has 0 radical (unpaired) electrons. The van der Waals surface area contributed by atoms with E-state index in [9.17, 15) is 19.5 Å². The summed E-state index contributed by atoms with van der Waals surface area (Å²) >= 11 is 0. The van der Waals surface area contributed by atoms with E-state index >= 15 is 0 Å². The van der Waals surface area contributed by atoms with Crippen LogP contribution in [-0.2, 0) is 20.8 Å². The number of benzene rings is 1. The van der Waals surface area contributed by atoms with Gasteiger partial charge in [0.1, 0.15) is 12.1 Å². The number of carboxylic acids is 1. The van der Waals surface area contributed by atoms with Gasteiger partial charge in [0.05, 0.1) is 6.04 Å². The number of nitrogens with one attached hydrogen (secondary N) is 2. The van der Waals surface area contributed by atoms with E-state index in [0.717, 1.165) is 18.4 Å². The maximum Gasteiger partial charge on any atom is 0.326 e. The molecule has 0 spiro atoms. The van der Waals surface area contributed by atoms with Crippen LogP contribution in [0, 0.1) is 5.92 Å². The summed E-state index contributed by atoms with van der Waals surface area (Å²) in [4.78, 5) is 36.8. The van der Waals surface area contributed by atoms with E-state index in [1.165, 1.54) is 0 Å². The van der Waals surface area contributed by atoms with Gasteiger partial charge in [-0.15, -0.1) is 0 Å². The highest BCUT2D eigenvalue weighted by molar-refractivity contribution is 5.91. The van der Waals surface area contributed by atoms with Crippen LogP contribution in [0.15, 0.2) is 30.3 Å². The van der Waals surface area contributed by atoms with Crippen molar-refractivity contribution in [2.45, 2.75) is 64.1 Å². The minimum Gasteiger partial charge on any atom is -0.480 e. The molecule has 7 N–H and O–H groups in total. The monoisotopic (exact) mass is 406 g/mol. The maximum absolute atomic E-state index is 12.8. The van der Waals surface area contributed by atoms with Gasteiger partial charge >= 0.3 is 5.97 Å². The summed E-state index contributed by atoms with van der Waals surface area (Å²) in [5, 5.41) is 14.7. The Morgan fingerprint density at radius 1 is 1.00 bits per heavy atom. The van der Waals surface area contributed by atoms with Crippen LogP contribution < -0.4 is 22.1 Å². The van der Waals surface area contributed by atoms with Crippen molar-refractivity contribution in [1.82, 2.24) is 10.6 Å². The predicted molar refractivity (Wildman–Crippen MR) is 112 cm³/mol. The molecule has 0 aliphatic rings. The zero-order valence-electron chi connectivity index (χ0n) is 17.3. The molecule has 0 aliphatic heterocycles. The second-order valence-corrected chi connectivity index (χ2v) is 7.67. The molecule has 29 heavy (non-hydrogen) atoms. The second-order valence-electron chi connectivity index (χ2n) is 7.67. The van der Waals surface area contributed by atoms with E-state index in [-0.39, 0.29) is 12.3 Å². The average Bonchev–Trinajstić information content (AvgIpc) is 2.67. The van der Waals surface area contributed by atoms with Crippen LogP contribution in [0.25, 0.3) is 0 Å². The topological polar surface area (TPSA) is 148 Å². The lowest BCUT2D eigenvalue weighted by molar-refractivity contribution is -0.142. The third-order valence-corrected chi connectivity index (χ3v) is 4.54. The Morgan fingerprint density at radius 3 is 2.17 bits per heavy atom. The fourth-order valence-electron chi connectivity index (χ4n) is 2.94. The van der Waals surface area contributed by atoms with Gasteiger partial charge in [0.25, 0.3) is 0 Å². The van der Waals surface area contributed by atoms with Crippen LogP contribution in [0.1, 0.15) is 45.1 Å². The minimum atomic E-state index is -1.13. The predicted octanol–water partition coefficient (Wildman–Crippen LogP) is 0.786. The zero-order chi connectivity index (χ0) is 21.8. The van der Waals surface area contributed by atoms with Crippen LogP contribution in [0.3, 0.4) is 0 Å². The minimum absolute atomic E-state index is 0.122. The lowest BCUT2D eigenvalue weighted by Crippen LogP contribution is -2.55. The number of hydrogen-bond acceptors (Lipinski definition) is 5. The van der Waals surface area contributed by atoms with E-state index in [4.69, 9.17) is 11.5 Å². The van der Waals surface area contributed by atoms with Crippen LogP contribution in [0.5, 0.6) is 0 Å². The highest BCUT2D eigenvalue weighted by Gasteiger charge is 2.28. The third-order valence-electron chi connectivity index (χ3n) is 4.54. The van der Waals surface area contributed by atoms with E-state index in [1.807, 2.05) is 32.0 Å². The summed E-state index contributed by atoms with van der Waals surface area (Å²) in [7, 11) is 0. The highest BCUT2D eigenvalue weighted by Crippen LogP contribution is 2.09. The van der Waals surface area contributed by atoms with Crippen LogP contribution >= 0.6 is 0 Å². The summed E-state index contributed by atoms with van der Waals surface area (Å²) in [6, 6.07) is 6.39. The van der Waals surface area contributed by atoms with Crippen molar-refractivity contribution in [3.8, 4) is 0 Å². The first-order valence-electron chi connectivity index (χ1n) is 10.1. The molecule has 0 bridgehead atoms. The lowest BCUT2D eigenvalue weighted by Gasteiger charge is -2.24. The molecular weight excluding hydrogens is 372 g/mol. The van der Waals surface area contributed by atoms with Crippen LogP contribution in [-0.4, -0.2) is 47.6 Å². The van der Waals surface area contributed by atoms with Crippen molar-refractivity contribution >= 4 is 17.8 Å². The number of amides is 2. The van der Waals surface area contributed by atoms with E-state index in [2.05, 4.69) is 10.6 Å². The van der Waals surface area contributed by atoms with Crippen molar-refractivity contribution in [2.24, 2.45) is 17.4 Å². The first kappa shape index (κ1) is 24.6. The largest absolute Gasteiger partial charge is 0.480 e. The maximum atomic E-state index is 12.8. The number of unbranched alkanes of at least 4 members (excludes halogenated alkanes) is 1. The summed E-state index contributed by atoms with van der Waals surface area (Å²) < 4.78 is 0. The van der Waals surface area contributed by atoms with Crippen molar-refractivity contribution in [2.75, 3.05) is 6.54 Å². The highest BCUT2D eigenvalue weighted by atomic mass is 16.4. The summed E-state index contributed by atoms with van der Waals surface area (Å²) in [6.07, 6.45) is 2.51. The van der Waals surface area contributed by atoms with Gasteiger partial charge in [0, 0.05) is 6.42 Å². The molecule has 8 nitrogen and oxygen atoms in total. The third kappa shape index (κ3) is 9.54.